The molecule has 0 aromatic heterocycles. The average Bonchev–Trinajstić information content (AvgIpc) is 3.94. The molecular formula is C62H112N2O12. The molecule has 0 aromatic rings. The standard InChI is InChI=1S/C62H112N2O12/c1-6-11-16-19-23-32-48-71-61(72-49-33-24-20-17-12-7-2)42-41-60(68)75-53-55(52-74-59(67)40-39-56(36-27-18-13-8-3)76-62(69)63-44-47-64-45-30-31-46-64)51-73-58(66)38-29-22-21-28-37-57(65)70-50-43-54(34-25-14-9-4)35-26-15-10-5/h11-12,16-17,54-56,61H,6-10,13-15,18-53H2,1-5H3,(H,63,69)/b16-11-,17-12-. The summed E-state index contributed by atoms with van der Waals surface area (Å²) in [5, 5.41) is 2.88. The first-order valence-corrected chi connectivity index (χ1v) is 31.0. The van der Waals surface area contributed by atoms with Crippen molar-refractivity contribution in [1.29, 1.82) is 0 Å². The fourth-order valence-electron chi connectivity index (χ4n) is 9.13. The van der Waals surface area contributed by atoms with Crippen LogP contribution in [-0.4, -0.2) is 113 Å². The lowest BCUT2D eigenvalue weighted by molar-refractivity contribution is -0.162. The van der Waals surface area contributed by atoms with Crippen molar-refractivity contribution < 1.29 is 57.1 Å². The number of nitrogens with zero attached hydrogens (tertiary/aromatic N) is 1. The summed E-state index contributed by atoms with van der Waals surface area (Å²) in [6.45, 7) is 15.4. The predicted molar refractivity (Wildman–Crippen MR) is 305 cm³/mol. The molecule has 442 valence electrons. The van der Waals surface area contributed by atoms with Crippen LogP contribution in [0.15, 0.2) is 24.3 Å². The summed E-state index contributed by atoms with van der Waals surface area (Å²) >= 11 is 0. The van der Waals surface area contributed by atoms with Crippen molar-refractivity contribution in [2.45, 2.75) is 265 Å². The number of unbranched alkanes of at least 4 members (excludes halogenated alkanes) is 14. The molecule has 0 spiro atoms. The number of carbonyl (C=O) groups is 5. The molecule has 0 aliphatic carbocycles. The van der Waals surface area contributed by atoms with E-state index in [1.807, 2.05) is 0 Å². The van der Waals surface area contributed by atoms with E-state index in [9.17, 15) is 24.0 Å². The fourth-order valence-corrected chi connectivity index (χ4v) is 9.13. The van der Waals surface area contributed by atoms with E-state index in [4.69, 9.17) is 33.2 Å². The second kappa shape index (κ2) is 52.2. The third-order valence-electron chi connectivity index (χ3n) is 13.9. The van der Waals surface area contributed by atoms with Gasteiger partial charge in [0.1, 0.15) is 25.9 Å². The number of alkyl carbamates (subject to hydrolysis) is 1. The molecule has 1 N–H and O–H groups in total. The van der Waals surface area contributed by atoms with Gasteiger partial charge in [-0.15, -0.1) is 0 Å². The van der Waals surface area contributed by atoms with Gasteiger partial charge < -0.3 is 43.4 Å². The maximum absolute atomic E-state index is 13.2. The normalized spacial score (nSPS) is 13.7. The number of esters is 4. The lowest BCUT2D eigenvalue weighted by Gasteiger charge is -2.20. The van der Waals surface area contributed by atoms with Crippen LogP contribution in [0.2, 0.25) is 0 Å². The summed E-state index contributed by atoms with van der Waals surface area (Å²) in [7, 11) is 0. The van der Waals surface area contributed by atoms with Crippen molar-refractivity contribution in [3.05, 3.63) is 24.3 Å². The number of carbonyl (C=O) groups excluding carboxylic acids is 5. The smallest absolute Gasteiger partial charge is 0.407 e. The van der Waals surface area contributed by atoms with Crippen LogP contribution in [0.25, 0.3) is 0 Å². The maximum atomic E-state index is 13.2. The minimum atomic E-state index is -0.597. The molecule has 0 saturated carbocycles. The van der Waals surface area contributed by atoms with Gasteiger partial charge in [-0.3, -0.25) is 19.2 Å². The topological polar surface area (TPSA) is 165 Å². The van der Waals surface area contributed by atoms with Gasteiger partial charge in [0.05, 0.1) is 18.9 Å². The molecule has 1 aliphatic rings. The van der Waals surface area contributed by atoms with Crippen LogP contribution in [-0.2, 0) is 52.3 Å². The van der Waals surface area contributed by atoms with Crippen LogP contribution in [0.5, 0.6) is 0 Å². The molecule has 1 amide bonds. The molecule has 1 heterocycles. The molecule has 1 rings (SSSR count). The van der Waals surface area contributed by atoms with E-state index in [1.54, 1.807) is 0 Å². The molecule has 1 aliphatic heterocycles. The first-order valence-electron chi connectivity index (χ1n) is 31.0. The zero-order valence-corrected chi connectivity index (χ0v) is 49.1. The first-order chi connectivity index (χ1) is 37.1. The van der Waals surface area contributed by atoms with E-state index in [0.29, 0.717) is 70.8 Å². The van der Waals surface area contributed by atoms with Crippen LogP contribution >= 0.6 is 0 Å². The Balaban J connectivity index is 2.78. The molecule has 76 heavy (non-hydrogen) atoms. The minimum absolute atomic E-state index is 0.0362. The van der Waals surface area contributed by atoms with Gasteiger partial charge in [0.25, 0.3) is 0 Å². The molecule has 1 fully saturated rings. The van der Waals surface area contributed by atoms with Gasteiger partial charge in [0, 0.05) is 52.0 Å². The van der Waals surface area contributed by atoms with E-state index in [2.05, 4.69) is 69.1 Å². The van der Waals surface area contributed by atoms with Crippen LogP contribution in [0.1, 0.15) is 253 Å². The number of ether oxygens (including phenoxy) is 7. The lowest BCUT2D eigenvalue weighted by atomic mass is 9.92. The molecule has 0 bridgehead atoms. The second-order valence-electron chi connectivity index (χ2n) is 21.0. The van der Waals surface area contributed by atoms with Crippen molar-refractivity contribution in [2.24, 2.45) is 11.8 Å². The molecule has 2 unspecified atom stereocenters. The Morgan fingerprint density at radius 3 is 1.49 bits per heavy atom. The molecule has 1 saturated heterocycles. The highest BCUT2D eigenvalue weighted by Crippen LogP contribution is 2.22. The quantitative estimate of drug-likeness (QED) is 0.0201. The van der Waals surface area contributed by atoms with Gasteiger partial charge >= 0.3 is 30.0 Å². The number of hydrogen-bond acceptors (Lipinski definition) is 13. The Labute approximate surface area is 463 Å². The fraction of sp³-hybridized carbons (Fsp3) is 0.855. The summed E-state index contributed by atoms with van der Waals surface area (Å²) < 4.78 is 40.7. The van der Waals surface area contributed by atoms with E-state index in [1.165, 1.54) is 64.2 Å². The van der Waals surface area contributed by atoms with E-state index >= 15 is 0 Å². The average molecular weight is 1080 g/mol. The van der Waals surface area contributed by atoms with Gasteiger partial charge in [0.15, 0.2) is 6.29 Å². The van der Waals surface area contributed by atoms with Gasteiger partial charge in [-0.2, -0.15) is 0 Å². The van der Waals surface area contributed by atoms with Gasteiger partial charge in [-0.05, 0) is 122 Å². The van der Waals surface area contributed by atoms with Crippen molar-refractivity contribution in [1.82, 2.24) is 10.2 Å². The summed E-state index contributed by atoms with van der Waals surface area (Å²) in [6, 6.07) is 0. The van der Waals surface area contributed by atoms with Crippen molar-refractivity contribution in [3.63, 3.8) is 0 Å². The maximum Gasteiger partial charge on any atom is 0.407 e. The van der Waals surface area contributed by atoms with E-state index in [-0.39, 0.29) is 45.1 Å². The summed E-state index contributed by atoms with van der Waals surface area (Å²) in [5.74, 6) is -1.45. The minimum Gasteiger partial charge on any atom is -0.466 e. The molecular weight excluding hydrogens is 965 g/mol. The summed E-state index contributed by atoms with van der Waals surface area (Å²) in [4.78, 5) is 67.0. The van der Waals surface area contributed by atoms with Crippen LogP contribution < -0.4 is 5.32 Å². The lowest BCUT2D eigenvalue weighted by Crippen LogP contribution is -2.35. The monoisotopic (exact) mass is 1080 g/mol. The Morgan fingerprint density at radius 2 is 0.947 bits per heavy atom. The highest BCUT2D eigenvalue weighted by atomic mass is 16.7. The molecule has 2 atom stereocenters. The Morgan fingerprint density at radius 1 is 0.461 bits per heavy atom. The van der Waals surface area contributed by atoms with Crippen molar-refractivity contribution in [3.8, 4) is 0 Å². The number of amides is 1. The highest BCUT2D eigenvalue weighted by molar-refractivity contribution is 5.71. The number of rotatable bonds is 53. The second-order valence-corrected chi connectivity index (χ2v) is 21.0. The predicted octanol–water partition coefficient (Wildman–Crippen LogP) is 14.6. The van der Waals surface area contributed by atoms with Crippen LogP contribution in [0, 0.1) is 11.8 Å². The molecule has 0 aromatic carbocycles. The Hall–Kier alpha value is -3.49. The number of likely N-dealkylation sites (tertiary alicyclic amines) is 1. The van der Waals surface area contributed by atoms with E-state index in [0.717, 1.165) is 116 Å². The zero-order valence-electron chi connectivity index (χ0n) is 49.1. The third-order valence-corrected chi connectivity index (χ3v) is 13.9. The summed E-state index contributed by atoms with van der Waals surface area (Å²) in [6.07, 6.45) is 37.1. The number of allylic oxidation sites excluding steroid dienone is 4. The SMILES string of the molecule is CC/C=C\CCCCOC(CCC(=O)OCC(COC(=O)CCCCCCC(=O)OCCC(CCCCC)CCCCC)COC(=O)CCC(CCCCCC)OC(=O)NCCN1CCCC1)OCCCC/C=C\CC. The molecule has 14 heteroatoms. The third kappa shape index (κ3) is 44.5. The van der Waals surface area contributed by atoms with E-state index < -0.39 is 42.3 Å². The van der Waals surface area contributed by atoms with Crippen LogP contribution in [0.4, 0.5) is 4.79 Å². The first kappa shape index (κ1) is 70.5. The number of nitrogens with one attached hydrogen (secondary N) is 1. The van der Waals surface area contributed by atoms with Crippen molar-refractivity contribution >= 4 is 30.0 Å². The number of hydrogen-bond donors (Lipinski definition) is 1. The Bertz CT molecular complexity index is 1440. The van der Waals surface area contributed by atoms with Gasteiger partial charge in [-0.25, -0.2) is 4.79 Å². The van der Waals surface area contributed by atoms with Crippen molar-refractivity contribution in [2.75, 3.05) is 65.8 Å². The Kier molecular flexibility index (Phi) is 48.5. The molecule has 0 radical (unpaired) electrons. The largest absolute Gasteiger partial charge is 0.466 e. The van der Waals surface area contributed by atoms with Gasteiger partial charge in [0.2, 0.25) is 0 Å². The van der Waals surface area contributed by atoms with Gasteiger partial charge in [-0.1, -0.05) is 142 Å². The summed E-state index contributed by atoms with van der Waals surface area (Å²) in [5.41, 5.74) is 0. The highest BCUT2D eigenvalue weighted by Gasteiger charge is 2.22. The zero-order chi connectivity index (χ0) is 55.4. The molecule has 14 nitrogen and oxygen atoms in total. The van der Waals surface area contributed by atoms with Crippen LogP contribution in [0.3, 0.4) is 0 Å².